The molecule has 0 aliphatic rings. The van der Waals surface area contributed by atoms with Gasteiger partial charge in [-0.15, -0.1) is 0 Å². The van der Waals surface area contributed by atoms with Gasteiger partial charge in [0.2, 0.25) is 0 Å². The largest absolute Gasteiger partial charge is 0.246 e. The lowest BCUT2D eigenvalue weighted by molar-refractivity contribution is 1.41. The molecule has 108 valence electrons. The van der Waals surface area contributed by atoms with Crippen molar-refractivity contribution in [3.05, 3.63) is 101 Å². The van der Waals surface area contributed by atoms with Crippen molar-refractivity contribution in [2.75, 3.05) is 0 Å². The molecule has 3 rings (SSSR count). The average Bonchev–Trinajstić information content (AvgIpc) is 2.56. The molecule has 0 spiro atoms. The molecule has 2 heteroatoms. The Kier molecular flexibility index (Phi) is 4.36. The average molecular weight is 306 g/mol. The molecule has 3 aromatic rings. The first kappa shape index (κ1) is 14.6. The minimum Gasteiger partial charge on any atom is -0.246 e. The van der Waals surface area contributed by atoms with Gasteiger partial charge in [0.05, 0.1) is 16.4 Å². The van der Waals surface area contributed by atoms with E-state index in [-0.39, 0.29) is 0 Å². The normalized spacial score (nSPS) is 11.5. The fraction of sp³-hybridized carbons (Fsp3) is 0.0500. The van der Waals surface area contributed by atoms with Gasteiger partial charge >= 0.3 is 0 Å². The minimum atomic E-state index is 0.657. The fourth-order valence-corrected chi connectivity index (χ4v) is 2.56. The fourth-order valence-electron chi connectivity index (χ4n) is 2.38. The number of nitrogens with zero attached hydrogens (tertiary/aromatic N) is 1. The molecule has 0 aromatic heterocycles. The molecule has 0 aliphatic carbocycles. The molecule has 0 amide bonds. The molecule has 0 aliphatic heterocycles. The van der Waals surface area contributed by atoms with Crippen molar-refractivity contribution in [2.24, 2.45) is 4.99 Å². The Morgan fingerprint density at radius 1 is 0.773 bits per heavy atom. The van der Waals surface area contributed by atoms with Crippen LogP contribution in [0.5, 0.6) is 0 Å². The topological polar surface area (TPSA) is 12.4 Å². The van der Waals surface area contributed by atoms with Crippen LogP contribution in [-0.4, -0.2) is 5.71 Å². The second-order valence-corrected chi connectivity index (χ2v) is 5.50. The smallest absolute Gasteiger partial charge is 0.0823 e. The van der Waals surface area contributed by atoms with Crippen LogP contribution in [0.25, 0.3) is 0 Å². The zero-order valence-electron chi connectivity index (χ0n) is 12.3. The van der Waals surface area contributed by atoms with E-state index in [2.05, 4.69) is 31.2 Å². The zero-order chi connectivity index (χ0) is 15.4. The number of para-hydroxylation sites is 1. The summed E-state index contributed by atoms with van der Waals surface area (Å²) in [7, 11) is 0. The second-order valence-electron chi connectivity index (χ2n) is 5.09. The van der Waals surface area contributed by atoms with Crippen molar-refractivity contribution in [1.82, 2.24) is 0 Å². The Labute approximate surface area is 135 Å². The molecule has 0 bridgehead atoms. The van der Waals surface area contributed by atoms with Crippen molar-refractivity contribution in [2.45, 2.75) is 6.92 Å². The van der Waals surface area contributed by atoms with E-state index in [0.717, 1.165) is 22.5 Å². The van der Waals surface area contributed by atoms with E-state index in [1.807, 2.05) is 54.6 Å². The number of hydrogen-bond acceptors (Lipinski definition) is 1. The summed E-state index contributed by atoms with van der Waals surface area (Å²) in [5, 5.41) is 0.657. The predicted molar refractivity (Wildman–Crippen MR) is 94.4 cm³/mol. The Morgan fingerprint density at radius 2 is 1.41 bits per heavy atom. The molecule has 0 fully saturated rings. The third-order valence-corrected chi connectivity index (χ3v) is 3.85. The van der Waals surface area contributed by atoms with Crippen molar-refractivity contribution < 1.29 is 0 Å². The molecule has 1 nitrogen and oxygen atoms in total. The molecule has 3 aromatic carbocycles. The van der Waals surface area contributed by atoms with Crippen LogP contribution in [0.3, 0.4) is 0 Å². The third kappa shape index (κ3) is 3.10. The molecule has 0 N–H and O–H groups in total. The van der Waals surface area contributed by atoms with E-state index in [0.29, 0.717) is 5.02 Å². The van der Waals surface area contributed by atoms with Crippen LogP contribution < -0.4 is 0 Å². The molecule has 22 heavy (non-hydrogen) atoms. The number of hydrogen-bond donors (Lipinski definition) is 0. The van der Waals surface area contributed by atoms with Crippen molar-refractivity contribution in [1.29, 1.82) is 0 Å². The Balaban J connectivity index is 2.21. The lowest BCUT2D eigenvalue weighted by atomic mass is 9.98. The van der Waals surface area contributed by atoms with Crippen LogP contribution in [0.2, 0.25) is 5.02 Å². The van der Waals surface area contributed by atoms with Gasteiger partial charge in [-0.3, -0.25) is 0 Å². The van der Waals surface area contributed by atoms with Crippen LogP contribution in [-0.2, 0) is 0 Å². The van der Waals surface area contributed by atoms with Crippen LogP contribution in [0.1, 0.15) is 16.7 Å². The lowest BCUT2D eigenvalue weighted by Crippen LogP contribution is -2.05. The first-order valence-electron chi connectivity index (χ1n) is 7.20. The quantitative estimate of drug-likeness (QED) is 0.541. The second kappa shape index (κ2) is 6.59. The summed E-state index contributed by atoms with van der Waals surface area (Å²) in [4.78, 5) is 4.84. The van der Waals surface area contributed by atoms with Crippen LogP contribution in [0.15, 0.2) is 83.9 Å². The van der Waals surface area contributed by atoms with Gasteiger partial charge in [-0.2, -0.15) is 0 Å². The van der Waals surface area contributed by atoms with Crippen molar-refractivity contribution in [3.8, 4) is 0 Å². The summed E-state index contributed by atoms with van der Waals surface area (Å²) in [6.45, 7) is 2.10. The Bertz CT molecular complexity index is 807. The molecule has 0 saturated heterocycles. The molecular formula is C20H16ClN. The van der Waals surface area contributed by atoms with E-state index in [1.165, 1.54) is 5.56 Å². The highest BCUT2D eigenvalue weighted by atomic mass is 35.5. The van der Waals surface area contributed by atoms with Crippen LogP contribution in [0.4, 0.5) is 5.69 Å². The van der Waals surface area contributed by atoms with Crippen molar-refractivity contribution in [3.63, 3.8) is 0 Å². The van der Waals surface area contributed by atoms with E-state index in [9.17, 15) is 0 Å². The number of rotatable bonds is 3. The highest BCUT2D eigenvalue weighted by molar-refractivity contribution is 6.33. The lowest BCUT2D eigenvalue weighted by Gasteiger charge is -2.11. The summed E-state index contributed by atoms with van der Waals surface area (Å²) in [6.07, 6.45) is 0. The summed E-state index contributed by atoms with van der Waals surface area (Å²) in [6, 6.07) is 26.1. The van der Waals surface area contributed by atoms with Gasteiger partial charge in [0.1, 0.15) is 0 Å². The van der Waals surface area contributed by atoms with Crippen molar-refractivity contribution >= 4 is 23.0 Å². The third-order valence-electron chi connectivity index (χ3n) is 3.53. The van der Waals surface area contributed by atoms with Gasteiger partial charge in [0.15, 0.2) is 0 Å². The molecule has 0 atom stereocenters. The van der Waals surface area contributed by atoms with Gasteiger partial charge in [-0.1, -0.05) is 78.3 Å². The van der Waals surface area contributed by atoms with Crippen LogP contribution in [0, 0.1) is 6.92 Å². The molecule has 0 unspecified atom stereocenters. The summed E-state index contributed by atoms with van der Waals surface area (Å²) in [5.74, 6) is 0. The minimum absolute atomic E-state index is 0.657. The zero-order valence-corrected chi connectivity index (χ0v) is 13.1. The maximum atomic E-state index is 6.28. The molecular weight excluding hydrogens is 290 g/mol. The summed E-state index contributed by atoms with van der Waals surface area (Å²) >= 11 is 6.28. The maximum absolute atomic E-state index is 6.28. The van der Waals surface area contributed by atoms with Gasteiger partial charge in [-0.05, 0) is 24.6 Å². The monoisotopic (exact) mass is 305 g/mol. The summed E-state index contributed by atoms with van der Waals surface area (Å²) in [5.41, 5.74) is 5.11. The van der Waals surface area contributed by atoms with Gasteiger partial charge in [0, 0.05) is 11.1 Å². The van der Waals surface area contributed by atoms with Gasteiger partial charge < -0.3 is 0 Å². The first-order valence-corrected chi connectivity index (χ1v) is 7.58. The highest BCUT2D eigenvalue weighted by Crippen LogP contribution is 2.26. The summed E-state index contributed by atoms with van der Waals surface area (Å²) < 4.78 is 0. The highest BCUT2D eigenvalue weighted by Gasteiger charge is 2.10. The first-order chi connectivity index (χ1) is 10.8. The van der Waals surface area contributed by atoms with E-state index in [1.54, 1.807) is 0 Å². The maximum Gasteiger partial charge on any atom is 0.0823 e. The standard InChI is InChI=1S/C20H16ClN/c1-15-9-5-6-12-17(15)20(16-10-3-2-4-11-16)22-19-14-8-7-13-18(19)21/h2-14H,1H3. The van der Waals surface area contributed by atoms with Gasteiger partial charge in [-0.25, -0.2) is 4.99 Å². The molecule has 0 saturated carbocycles. The molecule has 0 heterocycles. The number of aryl methyl sites for hydroxylation is 1. The molecule has 0 radical (unpaired) electrons. The van der Waals surface area contributed by atoms with Gasteiger partial charge in [0.25, 0.3) is 0 Å². The Morgan fingerprint density at radius 3 is 2.14 bits per heavy atom. The SMILES string of the molecule is Cc1ccccc1C(=Nc1ccccc1Cl)c1ccccc1. The van der Waals surface area contributed by atoms with E-state index < -0.39 is 0 Å². The van der Waals surface area contributed by atoms with Crippen LogP contribution >= 0.6 is 11.6 Å². The number of halogens is 1. The van der Waals surface area contributed by atoms with E-state index in [4.69, 9.17) is 16.6 Å². The number of benzene rings is 3. The predicted octanol–water partition coefficient (Wildman–Crippen LogP) is 5.82. The Hall–Kier alpha value is -2.38. The van der Waals surface area contributed by atoms with E-state index >= 15 is 0 Å². The number of aliphatic imine (C=N–C) groups is 1.